The van der Waals surface area contributed by atoms with Crippen LogP contribution in [0.5, 0.6) is 0 Å². The summed E-state index contributed by atoms with van der Waals surface area (Å²) in [7, 11) is 4.50. The molecular weight excluding hydrogens is 1640 g/mol. The van der Waals surface area contributed by atoms with Crippen LogP contribution in [-0.2, 0) is 103 Å². The van der Waals surface area contributed by atoms with Crippen LogP contribution in [0.3, 0.4) is 0 Å². The number of nitrogens with zero attached hydrogens (tertiary/aromatic N) is 9. The first-order chi connectivity index (χ1) is 61.3. The van der Waals surface area contributed by atoms with Crippen molar-refractivity contribution in [2.75, 3.05) is 152 Å². The minimum absolute atomic E-state index is 0.00626. The predicted molar refractivity (Wildman–Crippen MR) is 471 cm³/mol. The molecule has 4 aliphatic rings. The number of fused-ring (bicyclic) bond motifs is 5. The lowest BCUT2D eigenvalue weighted by Gasteiger charge is -2.43. The number of carbonyl (C=O) groups is 6. The van der Waals surface area contributed by atoms with Crippen LogP contribution < -0.4 is 22.1 Å². The summed E-state index contributed by atoms with van der Waals surface area (Å²) in [5.41, 5.74) is 28.5. The normalized spacial score (nSPS) is 26.2. The number of Topliss-reactive ketones (excluding diaryl/α,β-unsaturated/α-hetero) is 2. The molecule has 6 heterocycles. The summed E-state index contributed by atoms with van der Waals surface area (Å²) in [6.07, 6.45) is 11.5. The maximum Gasteiger partial charge on any atom is 0.407 e. The highest BCUT2D eigenvalue weighted by molar-refractivity contribution is 6.39. The van der Waals surface area contributed by atoms with Crippen molar-refractivity contribution in [1.29, 1.82) is 0 Å². The minimum atomic E-state index is -2.49. The van der Waals surface area contributed by atoms with E-state index >= 15 is 0 Å². The first kappa shape index (κ1) is 102. The van der Waals surface area contributed by atoms with Gasteiger partial charge in [0.15, 0.2) is 17.0 Å². The van der Waals surface area contributed by atoms with Gasteiger partial charge in [-0.15, -0.1) is 0 Å². The van der Waals surface area contributed by atoms with Crippen molar-refractivity contribution in [3.8, 4) is 11.3 Å². The molecule has 1 aliphatic carbocycles. The van der Waals surface area contributed by atoms with Crippen molar-refractivity contribution in [3.63, 3.8) is 0 Å². The molecular formula is C91H133N13O23. The van der Waals surface area contributed by atoms with Gasteiger partial charge < -0.3 is 108 Å². The van der Waals surface area contributed by atoms with E-state index in [0.29, 0.717) is 203 Å². The second kappa shape index (κ2) is 53.1. The summed E-state index contributed by atoms with van der Waals surface area (Å²) in [6.45, 7) is 19.5. The number of benzene rings is 2. The van der Waals surface area contributed by atoms with Gasteiger partial charge in [-0.25, -0.2) is 24.2 Å². The Morgan fingerprint density at radius 1 is 0.724 bits per heavy atom. The maximum atomic E-state index is 14.9. The first-order valence-corrected chi connectivity index (χ1v) is 44.4. The number of allylic oxidation sites excluding steroid dienone is 5. The zero-order chi connectivity index (χ0) is 91.2. The number of nitrogens with two attached hydrogens (primary N) is 2. The molecule has 3 amide bonds. The van der Waals surface area contributed by atoms with Crippen molar-refractivity contribution in [2.45, 2.75) is 206 Å². The molecule has 3 aromatic heterocycles. The number of hydrogen-bond donors (Lipinski definition) is 6. The number of aliphatic hydroxyl groups excluding tert-OH is 1. The number of aliphatic hydroxyl groups is 2. The number of rotatable bonds is 40. The monoisotopic (exact) mass is 1780 g/mol. The SMILES string of the molecule is CO[C@H]1C[C@@H]2CC[C@@H](C)[C@@](O)(O2)C(=O)C(=O)N2CCCC[C@H]2C(=O)O[C@H]([C@H](C)C[C@@H]2CC[C@@H](OC(=O)NCCOCCOCCOCCOCCOCCOCCOCCOCCC(=O)NCc3ccc(Cn4nc(-c5ccc6oc(N)nc6c5)c5c(N)ncnc54)cc3)[C@H](OC)C2)C[C@H](N=[N+]=[N-])[C@H](C)/C=C(\C)[C@@H](O)[C@@H](OC)C(=O)[C@H](C)C[C@H](C)/C=C/C=CC=C1C. The summed E-state index contributed by atoms with van der Waals surface area (Å²) >= 11 is 0. The minimum Gasteiger partial charge on any atom is -0.461 e. The van der Waals surface area contributed by atoms with Crippen LogP contribution in [0.1, 0.15) is 143 Å². The number of alkyl carbamates (subject to hydrolysis) is 1. The number of nitrogen functional groups attached to an aromatic ring is 2. The Morgan fingerprint density at radius 2 is 1.38 bits per heavy atom. The van der Waals surface area contributed by atoms with Gasteiger partial charge in [0.05, 0.1) is 136 Å². The van der Waals surface area contributed by atoms with Gasteiger partial charge in [-0.05, 0) is 154 Å². The lowest BCUT2D eigenvalue weighted by Crippen LogP contribution is -2.61. The van der Waals surface area contributed by atoms with E-state index < -0.39 is 108 Å². The molecule has 0 spiro atoms. The molecule has 36 heteroatoms. The number of oxazole rings is 1. The van der Waals surface area contributed by atoms with Crippen molar-refractivity contribution < 1.29 is 110 Å². The molecule has 0 radical (unpaired) electrons. The Bertz CT molecular complexity index is 4460. The van der Waals surface area contributed by atoms with Gasteiger partial charge in [-0.3, -0.25) is 19.2 Å². The van der Waals surface area contributed by atoms with Gasteiger partial charge in [-0.2, -0.15) is 10.1 Å². The number of methoxy groups -OCH3 is 3. The van der Waals surface area contributed by atoms with E-state index in [-0.39, 0.29) is 81.5 Å². The van der Waals surface area contributed by atoms with E-state index in [1.54, 1.807) is 51.8 Å². The molecule has 8 N–H and O–H groups in total. The van der Waals surface area contributed by atoms with Crippen LogP contribution >= 0.6 is 0 Å². The Balaban J connectivity index is 0.606. The molecule has 1 saturated carbocycles. The van der Waals surface area contributed by atoms with Crippen molar-refractivity contribution in [1.82, 2.24) is 40.3 Å². The molecule has 2 aromatic carbocycles. The fourth-order valence-corrected chi connectivity index (χ4v) is 16.5. The van der Waals surface area contributed by atoms with E-state index in [0.717, 1.165) is 22.3 Å². The molecule has 16 atom stereocenters. The van der Waals surface area contributed by atoms with Crippen LogP contribution in [0.25, 0.3) is 43.8 Å². The van der Waals surface area contributed by atoms with E-state index in [1.165, 1.54) is 18.3 Å². The van der Waals surface area contributed by atoms with Gasteiger partial charge in [0.1, 0.15) is 53.8 Å². The number of piperidine rings is 1. The number of amides is 3. The van der Waals surface area contributed by atoms with Crippen molar-refractivity contribution >= 4 is 69.4 Å². The number of hydrogen-bond acceptors (Lipinski definition) is 30. The second-order valence-electron chi connectivity index (χ2n) is 33.2. The quantitative estimate of drug-likeness (QED) is 0.00404. The fraction of sp³-hybridized carbons (Fsp3) is 0.648. The third-order valence-corrected chi connectivity index (χ3v) is 23.8. The smallest absolute Gasteiger partial charge is 0.407 e. The molecule has 9 rings (SSSR count). The number of ether oxygens (including phenoxy) is 14. The van der Waals surface area contributed by atoms with Crippen molar-refractivity contribution in [2.24, 2.45) is 40.6 Å². The highest BCUT2D eigenvalue weighted by atomic mass is 16.6. The molecule has 0 unspecified atom stereocenters. The molecule has 2 saturated heterocycles. The number of cyclic esters (lactones) is 1. The Morgan fingerprint density at radius 3 is 2.02 bits per heavy atom. The second-order valence-corrected chi connectivity index (χ2v) is 33.2. The standard InChI is InChI=1S/C91H133N13O23/c1-58-16-12-11-13-17-59(2)75(113-8)53-69-26-19-64(7)91(112,127-69)84(108)87(109)103-31-15-14-18-72(103)88(110)124-76(54-70(100-102-94)60(3)49-63(6)82(107)83(115-10)81(106)62(5)48-58)61(4)50-67-24-27-74(77(51-67)114-9)126-90(111)95-30-33-117-35-37-119-39-41-121-43-45-123-47-46-122-44-42-120-40-38-118-36-34-116-32-29-78(105)96-55-65-20-22-66(23-21-65)56-104-86-79(85(92)97-57-98-86)80(101-104)68-25-28-73-71(52-68)99-89(93)125-73/h11-13,16-17,20-23,25,28,49,52,57-58,60-62,64,67,69-70,72,74-77,82-83,107,112H,14-15,18-19,24,26-27,29-48,50-51,53-56H2,1-10H3,(H2,93,99)(H,95,111)(H,96,105)(H2,92,97,98)/b13-11?,16-12+,59-17?,63-49+/t58-,60-,61-,62-,64-,67+,69+,70+,72+,74-,75+,76+,77-,82-,83+,91-/m1/s1. The molecule has 5 aromatic rings. The van der Waals surface area contributed by atoms with Gasteiger partial charge in [0, 0.05) is 82.2 Å². The van der Waals surface area contributed by atoms with E-state index in [4.69, 9.17) is 87.3 Å². The lowest BCUT2D eigenvalue weighted by molar-refractivity contribution is -0.265. The first-order valence-electron chi connectivity index (χ1n) is 44.4. The van der Waals surface area contributed by atoms with Crippen molar-refractivity contribution in [3.05, 3.63) is 118 Å². The number of ketones is 2. The summed E-state index contributed by atoms with van der Waals surface area (Å²) < 4.78 is 88.3. The third kappa shape index (κ3) is 31.3. The summed E-state index contributed by atoms with van der Waals surface area (Å²) in [4.78, 5) is 101. The number of carbonyl (C=O) groups excluding carboxylic acids is 6. The topological polar surface area (TPSA) is 470 Å². The number of azide groups is 1. The van der Waals surface area contributed by atoms with Crippen LogP contribution in [0.15, 0.2) is 106 Å². The molecule has 36 nitrogen and oxygen atoms in total. The zero-order valence-electron chi connectivity index (χ0n) is 75.2. The highest BCUT2D eigenvalue weighted by Gasteiger charge is 2.53. The maximum absolute atomic E-state index is 14.9. The Kier molecular flexibility index (Phi) is 42.4. The predicted octanol–water partition coefficient (Wildman–Crippen LogP) is 10.0. The van der Waals surface area contributed by atoms with E-state index in [2.05, 4.69) is 35.6 Å². The Hall–Kier alpha value is -9.21. The average molecular weight is 1780 g/mol. The Labute approximate surface area is 743 Å². The lowest BCUT2D eigenvalue weighted by atomic mass is 9.78. The summed E-state index contributed by atoms with van der Waals surface area (Å²) in [5, 5.41) is 39.4. The number of esters is 1. The fourth-order valence-electron chi connectivity index (χ4n) is 16.5. The number of nitrogens with one attached hydrogen (secondary N) is 2. The third-order valence-electron chi connectivity index (χ3n) is 23.8. The van der Waals surface area contributed by atoms with Gasteiger partial charge in [0.2, 0.25) is 11.7 Å². The molecule has 700 valence electrons. The zero-order valence-corrected chi connectivity index (χ0v) is 75.2. The summed E-state index contributed by atoms with van der Waals surface area (Å²) in [5.74, 6) is -7.85. The molecule has 127 heavy (non-hydrogen) atoms. The van der Waals surface area contributed by atoms with Crippen LogP contribution in [-0.4, -0.2) is 276 Å². The molecule has 3 fully saturated rings. The van der Waals surface area contributed by atoms with Crippen LogP contribution in [0.2, 0.25) is 0 Å². The number of anilines is 2. The molecule has 2 bridgehead atoms. The average Bonchev–Trinajstić information content (AvgIpc) is 1.64. The summed E-state index contributed by atoms with van der Waals surface area (Å²) in [6, 6.07) is 11.4. The van der Waals surface area contributed by atoms with Gasteiger partial charge >= 0.3 is 12.1 Å². The van der Waals surface area contributed by atoms with Gasteiger partial charge in [0.25, 0.3) is 17.7 Å². The molecule has 3 aliphatic heterocycles. The van der Waals surface area contributed by atoms with Crippen LogP contribution in [0.4, 0.5) is 16.6 Å². The van der Waals surface area contributed by atoms with E-state index in [1.807, 2.05) is 94.5 Å². The van der Waals surface area contributed by atoms with Crippen LogP contribution in [0, 0.1) is 35.5 Å². The largest absolute Gasteiger partial charge is 0.461 e. The number of aromatic nitrogens is 5. The highest BCUT2D eigenvalue weighted by Crippen LogP contribution is 2.40. The van der Waals surface area contributed by atoms with Gasteiger partial charge in [-0.1, -0.05) is 100 Å². The van der Waals surface area contributed by atoms with E-state index in [9.17, 15) is 44.5 Å².